The molecular formula is C46H57N7O11S2. The Hall–Kier alpha value is -6.28. The summed E-state index contributed by atoms with van der Waals surface area (Å²) in [6.45, 7) is 12.8. The number of nitrogens with zero attached hydrogens (tertiary/aromatic N) is 3. The molecule has 1 aliphatic carbocycles. The molecule has 1 saturated heterocycles. The Labute approximate surface area is 387 Å². The van der Waals surface area contributed by atoms with Crippen molar-refractivity contribution in [3.63, 3.8) is 0 Å². The second-order valence-corrected chi connectivity index (χ2v) is 20.2. The zero-order valence-electron chi connectivity index (χ0n) is 37.8. The molecule has 354 valence electrons. The van der Waals surface area contributed by atoms with Crippen molar-refractivity contribution in [3.8, 4) is 22.9 Å². The van der Waals surface area contributed by atoms with Gasteiger partial charge in [-0.2, -0.15) is 0 Å². The van der Waals surface area contributed by atoms with Crippen LogP contribution in [0.1, 0.15) is 86.0 Å². The fraction of sp³-hybridized carbons (Fsp3) is 0.457. The van der Waals surface area contributed by atoms with Gasteiger partial charge >= 0.3 is 12.1 Å². The SMILES string of the molecule is C=C[C@@H]1C[C@]1(NC(=O)[C@@H]1C[C@@H](Oc2cc(-c3csc(NC(C)C)n3)nc3cc(OC)ccc23)CN1C(=O)OC(C)(C)C)C(=O)NS(=O)(=O)c1ccccc1NC(=O)CCCCCCC(=O)O. The minimum Gasteiger partial charge on any atom is -0.497 e. The molecule has 3 heterocycles. The van der Waals surface area contributed by atoms with E-state index in [0.29, 0.717) is 59.5 Å². The third kappa shape index (κ3) is 12.1. The van der Waals surface area contributed by atoms with E-state index in [2.05, 4.69) is 27.3 Å². The van der Waals surface area contributed by atoms with Gasteiger partial charge in [-0.05, 0) is 78.1 Å². The number of nitrogens with one attached hydrogen (secondary N) is 4. The number of carboxylic acids is 1. The molecule has 4 amide bonds. The number of carbonyl (C=O) groups excluding carboxylic acids is 4. The zero-order valence-corrected chi connectivity index (χ0v) is 39.5. The van der Waals surface area contributed by atoms with Gasteiger partial charge in [-0.25, -0.2) is 27.9 Å². The monoisotopic (exact) mass is 947 g/mol. The summed E-state index contributed by atoms with van der Waals surface area (Å²) in [6, 6.07) is 11.6. The number of unbranched alkanes of at least 4 members (excludes halogenated alkanes) is 3. The molecule has 2 aliphatic rings. The number of carbonyl (C=O) groups is 5. The molecule has 20 heteroatoms. The summed E-state index contributed by atoms with van der Waals surface area (Å²) in [4.78, 5) is 76.3. The van der Waals surface area contributed by atoms with Crippen LogP contribution in [0.5, 0.6) is 11.5 Å². The van der Waals surface area contributed by atoms with E-state index in [0.717, 1.165) is 5.13 Å². The molecule has 0 unspecified atom stereocenters. The number of aromatic nitrogens is 2. The van der Waals surface area contributed by atoms with E-state index < -0.39 is 69.0 Å². The van der Waals surface area contributed by atoms with E-state index in [-0.39, 0.29) is 48.9 Å². The van der Waals surface area contributed by atoms with E-state index in [1.54, 1.807) is 52.1 Å². The van der Waals surface area contributed by atoms with Crippen molar-refractivity contribution in [1.29, 1.82) is 0 Å². The average Bonchev–Trinajstić information content (AvgIpc) is 3.50. The number of amides is 4. The fourth-order valence-corrected chi connectivity index (χ4v) is 9.66. The van der Waals surface area contributed by atoms with Gasteiger partial charge in [-0.3, -0.25) is 24.1 Å². The number of para-hydroxylation sites is 1. The molecule has 66 heavy (non-hydrogen) atoms. The van der Waals surface area contributed by atoms with Crippen molar-refractivity contribution in [3.05, 3.63) is 66.6 Å². The predicted molar refractivity (Wildman–Crippen MR) is 249 cm³/mol. The number of benzene rings is 2. The minimum atomic E-state index is -4.62. The highest BCUT2D eigenvalue weighted by Crippen LogP contribution is 2.45. The first-order valence-electron chi connectivity index (χ1n) is 21.7. The number of rotatable bonds is 20. The second kappa shape index (κ2) is 20.5. The van der Waals surface area contributed by atoms with Gasteiger partial charge in [0.05, 0.1) is 30.6 Å². The lowest BCUT2D eigenvalue weighted by molar-refractivity contribution is -0.137. The van der Waals surface area contributed by atoms with Crippen LogP contribution in [0, 0.1) is 5.92 Å². The molecule has 2 aromatic carbocycles. The van der Waals surface area contributed by atoms with E-state index in [1.165, 1.54) is 46.6 Å². The van der Waals surface area contributed by atoms with Crippen LogP contribution < -0.4 is 30.1 Å². The van der Waals surface area contributed by atoms with Gasteiger partial charge in [-0.15, -0.1) is 17.9 Å². The maximum absolute atomic E-state index is 14.4. The number of pyridine rings is 1. The first-order valence-corrected chi connectivity index (χ1v) is 24.1. The van der Waals surface area contributed by atoms with Crippen LogP contribution >= 0.6 is 11.3 Å². The molecule has 0 spiro atoms. The Bertz CT molecular complexity index is 2590. The topological polar surface area (TPSA) is 245 Å². The van der Waals surface area contributed by atoms with E-state index in [4.69, 9.17) is 29.3 Å². The Morgan fingerprint density at radius 3 is 2.41 bits per heavy atom. The lowest BCUT2D eigenvalue weighted by Gasteiger charge is -2.29. The summed E-state index contributed by atoms with van der Waals surface area (Å²) in [7, 11) is -3.07. The van der Waals surface area contributed by atoms with Gasteiger partial charge in [0.15, 0.2) is 5.13 Å². The first-order chi connectivity index (χ1) is 31.2. The molecule has 0 radical (unpaired) electrons. The summed E-state index contributed by atoms with van der Waals surface area (Å²) in [5, 5.41) is 20.7. The number of sulfonamides is 1. The van der Waals surface area contributed by atoms with Gasteiger partial charge < -0.3 is 35.3 Å². The minimum absolute atomic E-state index is 0.0216. The highest BCUT2D eigenvalue weighted by molar-refractivity contribution is 7.90. The number of ether oxygens (including phenoxy) is 3. The third-order valence-electron chi connectivity index (χ3n) is 10.9. The largest absolute Gasteiger partial charge is 0.497 e. The number of methoxy groups -OCH3 is 1. The summed E-state index contributed by atoms with van der Waals surface area (Å²) >= 11 is 1.43. The summed E-state index contributed by atoms with van der Waals surface area (Å²) in [5.41, 5.74) is -1.04. The number of fused-ring (bicyclic) bond motifs is 1. The van der Waals surface area contributed by atoms with E-state index >= 15 is 0 Å². The maximum Gasteiger partial charge on any atom is 0.411 e. The molecule has 1 aliphatic heterocycles. The highest BCUT2D eigenvalue weighted by Gasteiger charge is 2.61. The van der Waals surface area contributed by atoms with Gasteiger partial charge in [0.1, 0.15) is 45.4 Å². The predicted octanol–water partition coefficient (Wildman–Crippen LogP) is 6.87. The lowest BCUT2D eigenvalue weighted by Crippen LogP contribution is -2.56. The molecular weight excluding hydrogens is 891 g/mol. The van der Waals surface area contributed by atoms with Gasteiger partial charge in [-0.1, -0.05) is 31.1 Å². The molecule has 18 nitrogen and oxygen atoms in total. The zero-order chi connectivity index (χ0) is 48.0. The molecule has 2 aromatic heterocycles. The Morgan fingerprint density at radius 2 is 1.74 bits per heavy atom. The Kier molecular flexibility index (Phi) is 15.3. The van der Waals surface area contributed by atoms with Crippen molar-refractivity contribution < 1.29 is 51.7 Å². The van der Waals surface area contributed by atoms with Crippen molar-refractivity contribution in [1.82, 2.24) is 24.9 Å². The molecule has 0 bridgehead atoms. The number of carboxylic acid groups (broad SMARTS) is 1. The number of anilines is 2. The first kappa shape index (κ1) is 49.2. The molecule has 4 aromatic rings. The second-order valence-electron chi connectivity index (χ2n) is 17.6. The van der Waals surface area contributed by atoms with Crippen molar-refractivity contribution in [2.24, 2.45) is 5.92 Å². The number of hydrogen-bond donors (Lipinski definition) is 5. The molecule has 5 N–H and O–H groups in total. The van der Waals surface area contributed by atoms with Gasteiger partial charge in [0, 0.05) is 54.1 Å². The van der Waals surface area contributed by atoms with Gasteiger partial charge in [0.2, 0.25) is 11.8 Å². The van der Waals surface area contributed by atoms with Crippen LogP contribution in [0.3, 0.4) is 0 Å². The molecule has 4 atom stereocenters. The average molecular weight is 948 g/mol. The maximum atomic E-state index is 14.4. The van der Waals surface area contributed by atoms with E-state index in [9.17, 15) is 32.4 Å². The van der Waals surface area contributed by atoms with Gasteiger partial charge in [0.25, 0.3) is 15.9 Å². The molecule has 2 fully saturated rings. The number of likely N-dealkylation sites (tertiary alicyclic amines) is 1. The summed E-state index contributed by atoms with van der Waals surface area (Å²) < 4.78 is 47.7. The quantitative estimate of drug-likeness (QED) is 0.0448. The van der Waals surface area contributed by atoms with Crippen LogP contribution in [-0.4, -0.2) is 101 Å². The Morgan fingerprint density at radius 1 is 1.02 bits per heavy atom. The normalized spacial score (nSPS) is 19.2. The molecule has 6 rings (SSSR count). The highest BCUT2D eigenvalue weighted by atomic mass is 32.2. The van der Waals surface area contributed by atoms with Crippen LogP contribution in [0.2, 0.25) is 0 Å². The summed E-state index contributed by atoms with van der Waals surface area (Å²) in [5.74, 6) is -2.79. The number of thiazole rings is 1. The fourth-order valence-electron chi connectivity index (χ4n) is 7.61. The Balaban J connectivity index is 1.21. The number of aliphatic carboxylic acids is 1. The van der Waals surface area contributed by atoms with Crippen LogP contribution in [0.25, 0.3) is 22.3 Å². The van der Waals surface area contributed by atoms with Crippen LogP contribution in [0.15, 0.2) is 71.5 Å². The summed E-state index contributed by atoms with van der Waals surface area (Å²) in [6.07, 6.45) is 2.18. The van der Waals surface area contributed by atoms with Crippen molar-refractivity contribution in [2.45, 2.75) is 120 Å². The van der Waals surface area contributed by atoms with Crippen molar-refractivity contribution in [2.75, 3.05) is 24.3 Å². The van der Waals surface area contributed by atoms with Crippen LogP contribution in [-0.2, 0) is 33.9 Å². The standard InChI is InChI=1S/C46H57N7O11S2/c1-8-28-24-46(28,42(58)52-66(60,61)38-16-14-13-15-32(38)49-39(54)17-11-9-10-12-18-40(55)56)51-41(57)36-22-30(25-53(36)44(59)64-45(4,5)6)63-37-23-34(35-26-65-43(50-35)47-27(2)3)48-33-21-29(62-7)19-20-31(33)37/h8,13-16,19-21,23,26-28,30,36H,1,9-12,17-18,22,24-25H2,2-7H3,(H,47,50)(H,49,54)(H,51,57)(H,52,58)(H,55,56)/t28-,30-,36+,46-/m1/s1. The lowest BCUT2D eigenvalue weighted by atomic mass is 10.1. The third-order valence-corrected chi connectivity index (χ3v) is 13.1. The number of hydrogen-bond acceptors (Lipinski definition) is 14. The van der Waals surface area contributed by atoms with E-state index in [1.807, 2.05) is 19.2 Å². The van der Waals surface area contributed by atoms with Crippen molar-refractivity contribution >= 4 is 72.9 Å². The molecule has 1 saturated carbocycles. The van der Waals surface area contributed by atoms with Crippen LogP contribution in [0.4, 0.5) is 15.6 Å². The smallest absolute Gasteiger partial charge is 0.411 e.